The Hall–Kier alpha value is -3.25. The van der Waals surface area contributed by atoms with Crippen LogP contribution in [0.1, 0.15) is 25.0 Å². The van der Waals surface area contributed by atoms with Crippen molar-refractivity contribution in [3.05, 3.63) is 63.5 Å². The van der Waals surface area contributed by atoms with Crippen LogP contribution in [-0.2, 0) is 12.8 Å². The second-order valence-electron chi connectivity index (χ2n) is 6.88. The van der Waals surface area contributed by atoms with Gasteiger partial charge in [0.25, 0.3) is 0 Å². The smallest absolute Gasteiger partial charge is 0.204 e. The summed E-state index contributed by atoms with van der Waals surface area (Å²) in [5.74, 6) is -0.425. The summed E-state index contributed by atoms with van der Waals surface area (Å²) in [6.07, 6.45) is 3.62. The Morgan fingerprint density at radius 3 is 2.54 bits per heavy atom. The molecule has 0 unspecified atom stereocenters. The molecule has 0 aliphatic carbocycles. The molecule has 6 nitrogen and oxygen atoms in total. The van der Waals surface area contributed by atoms with Crippen LogP contribution >= 0.6 is 0 Å². The highest BCUT2D eigenvalue weighted by Crippen LogP contribution is 2.36. The third-order valence-corrected chi connectivity index (χ3v) is 4.61. The molecule has 0 atom stereocenters. The predicted octanol–water partition coefficient (Wildman–Crippen LogP) is 3.62. The Kier molecular flexibility index (Phi) is 5.42. The van der Waals surface area contributed by atoms with E-state index < -0.39 is 5.43 Å². The molecule has 28 heavy (non-hydrogen) atoms. The Morgan fingerprint density at radius 2 is 1.86 bits per heavy atom. The van der Waals surface area contributed by atoms with Crippen molar-refractivity contribution >= 4 is 11.0 Å². The maximum Gasteiger partial charge on any atom is 0.204 e. The van der Waals surface area contributed by atoms with Crippen LogP contribution in [0, 0.1) is 0 Å². The summed E-state index contributed by atoms with van der Waals surface area (Å²) in [5.41, 5.74) is 2.11. The van der Waals surface area contributed by atoms with Gasteiger partial charge in [-0.15, -0.1) is 0 Å². The fourth-order valence-corrected chi connectivity index (χ4v) is 3.08. The van der Waals surface area contributed by atoms with Crippen molar-refractivity contribution < 1.29 is 24.8 Å². The molecule has 3 rings (SSSR count). The fourth-order valence-electron chi connectivity index (χ4n) is 3.08. The molecule has 146 valence electrons. The van der Waals surface area contributed by atoms with Crippen LogP contribution in [0.2, 0.25) is 0 Å². The Balaban J connectivity index is 2.22. The van der Waals surface area contributed by atoms with Gasteiger partial charge in [-0.3, -0.25) is 4.79 Å². The van der Waals surface area contributed by atoms with E-state index in [0.717, 1.165) is 5.57 Å². The van der Waals surface area contributed by atoms with Gasteiger partial charge in [-0.2, -0.15) is 0 Å². The first-order valence-electron chi connectivity index (χ1n) is 8.89. The largest absolute Gasteiger partial charge is 0.508 e. The lowest BCUT2D eigenvalue weighted by atomic mass is 9.99. The molecule has 0 amide bonds. The van der Waals surface area contributed by atoms with Gasteiger partial charge in [0.15, 0.2) is 0 Å². The molecule has 3 aromatic rings. The highest BCUT2D eigenvalue weighted by Gasteiger charge is 2.19. The zero-order valence-electron chi connectivity index (χ0n) is 15.7. The standard InChI is InChI=1S/C22H22O6/c1-12(2)3-5-15-18(25)10-19-20(21(15)26)22(27)16(11-28-19)13-4-6-17(24)14(9-13)7-8-23/h3-4,6,9-11,23-26H,5,7-8H2,1-2H3. The summed E-state index contributed by atoms with van der Waals surface area (Å²) in [6.45, 7) is 3.66. The van der Waals surface area contributed by atoms with Crippen LogP contribution < -0.4 is 5.43 Å². The predicted molar refractivity (Wildman–Crippen MR) is 107 cm³/mol. The lowest BCUT2D eigenvalue weighted by Gasteiger charge is -2.11. The number of allylic oxidation sites excluding steroid dienone is 2. The molecule has 0 fully saturated rings. The van der Waals surface area contributed by atoms with E-state index in [2.05, 4.69) is 0 Å². The van der Waals surface area contributed by atoms with E-state index in [0.29, 0.717) is 11.1 Å². The number of phenols is 3. The molecule has 0 bridgehead atoms. The van der Waals surface area contributed by atoms with Crippen LogP contribution in [0.15, 0.2) is 51.4 Å². The van der Waals surface area contributed by atoms with Crippen molar-refractivity contribution in [2.24, 2.45) is 0 Å². The highest BCUT2D eigenvalue weighted by atomic mass is 16.3. The topological polar surface area (TPSA) is 111 Å². The molecule has 0 aliphatic heterocycles. The molecule has 6 heteroatoms. The van der Waals surface area contributed by atoms with Crippen molar-refractivity contribution in [3.63, 3.8) is 0 Å². The fraction of sp³-hybridized carbons (Fsp3) is 0.227. The number of phenolic OH excluding ortho intramolecular Hbond substituents is 3. The molecule has 1 aromatic heterocycles. The maximum atomic E-state index is 13.1. The van der Waals surface area contributed by atoms with Gasteiger partial charge in [0.2, 0.25) is 5.43 Å². The summed E-state index contributed by atoms with van der Waals surface area (Å²) < 4.78 is 5.50. The normalized spacial score (nSPS) is 11.0. The number of fused-ring (bicyclic) bond motifs is 1. The number of aromatic hydroxyl groups is 3. The zero-order chi connectivity index (χ0) is 20.4. The maximum absolute atomic E-state index is 13.1. The molecule has 2 aromatic carbocycles. The van der Waals surface area contributed by atoms with E-state index in [1.165, 1.54) is 18.4 Å². The lowest BCUT2D eigenvalue weighted by molar-refractivity contribution is 0.297. The van der Waals surface area contributed by atoms with Gasteiger partial charge in [-0.1, -0.05) is 17.7 Å². The van der Waals surface area contributed by atoms with Gasteiger partial charge in [-0.05, 0) is 49.9 Å². The number of aliphatic hydroxyl groups excluding tert-OH is 1. The average Bonchev–Trinajstić information content (AvgIpc) is 2.63. The number of rotatable bonds is 5. The Labute approximate surface area is 161 Å². The van der Waals surface area contributed by atoms with Crippen LogP contribution in [0.5, 0.6) is 17.2 Å². The molecular formula is C22H22O6. The summed E-state index contributed by atoms with van der Waals surface area (Å²) in [4.78, 5) is 13.1. The molecule has 0 aliphatic rings. The van der Waals surface area contributed by atoms with E-state index in [1.54, 1.807) is 12.1 Å². The van der Waals surface area contributed by atoms with Gasteiger partial charge in [0.05, 0.1) is 5.56 Å². The van der Waals surface area contributed by atoms with Crippen LogP contribution in [-0.4, -0.2) is 27.0 Å². The second-order valence-corrected chi connectivity index (χ2v) is 6.88. The minimum atomic E-state index is -0.446. The average molecular weight is 382 g/mol. The van der Waals surface area contributed by atoms with Gasteiger partial charge in [-0.25, -0.2) is 0 Å². The number of aliphatic hydroxyl groups is 1. The molecule has 0 radical (unpaired) electrons. The first kappa shape index (κ1) is 19.5. The minimum Gasteiger partial charge on any atom is -0.508 e. The lowest BCUT2D eigenvalue weighted by Crippen LogP contribution is -2.06. The third-order valence-electron chi connectivity index (χ3n) is 4.61. The number of hydrogen-bond donors (Lipinski definition) is 4. The van der Waals surface area contributed by atoms with E-state index in [4.69, 9.17) is 9.52 Å². The zero-order valence-corrected chi connectivity index (χ0v) is 15.7. The van der Waals surface area contributed by atoms with Crippen molar-refractivity contribution in [1.82, 2.24) is 0 Å². The van der Waals surface area contributed by atoms with Crippen LogP contribution in [0.4, 0.5) is 0 Å². The summed E-state index contributed by atoms with van der Waals surface area (Å²) >= 11 is 0. The summed E-state index contributed by atoms with van der Waals surface area (Å²) in [5, 5.41) is 39.9. The first-order chi connectivity index (χ1) is 13.3. The number of benzene rings is 2. The van der Waals surface area contributed by atoms with Crippen molar-refractivity contribution in [1.29, 1.82) is 0 Å². The Morgan fingerprint density at radius 1 is 1.11 bits per heavy atom. The van der Waals surface area contributed by atoms with Crippen molar-refractivity contribution in [3.8, 4) is 28.4 Å². The summed E-state index contributed by atoms with van der Waals surface area (Å²) in [6, 6.07) is 5.93. The van der Waals surface area contributed by atoms with Crippen LogP contribution in [0.3, 0.4) is 0 Å². The van der Waals surface area contributed by atoms with Gasteiger partial charge < -0.3 is 24.8 Å². The third kappa shape index (κ3) is 3.59. The van der Waals surface area contributed by atoms with Crippen molar-refractivity contribution in [2.45, 2.75) is 26.7 Å². The minimum absolute atomic E-state index is 0.00996. The van der Waals surface area contributed by atoms with Gasteiger partial charge in [0.1, 0.15) is 34.5 Å². The van der Waals surface area contributed by atoms with E-state index in [9.17, 15) is 20.1 Å². The van der Waals surface area contributed by atoms with E-state index in [-0.39, 0.29) is 58.8 Å². The molecule has 0 saturated carbocycles. The highest BCUT2D eigenvalue weighted by molar-refractivity contribution is 5.89. The number of hydrogen-bond acceptors (Lipinski definition) is 6. The molecule has 0 spiro atoms. The molecule has 1 heterocycles. The second kappa shape index (κ2) is 7.78. The van der Waals surface area contributed by atoms with E-state index in [1.807, 2.05) is 19.9 Å². The van der Waals surface area contributed by atoms with Gasteiger partial charge >= 0.3 is 0 Å². The SMILES string of the molecule is CC(C)=CCc1c(O)cc2occ(-c3ccc(O)c(CCO)c3)c(=O)c2c1O. The first-order valence-corrected chi connectivity index (χ1v) is 8.89. The summed E-state index contributed by atoms with van der Waals surface area (Å²) in [7, 11) is 0. The Bertz CT molecular complexity index is 1120. The van der Waals surface area contributed by atoms with Gasteiger partial charge in [0, 0.05) is 18.2 Å². The quantitative estimate of drug-likeness (QED) is 0.502. The monoisotopic (exact) mass is 382 g/mol. The molecule has 0 saturated heterocycles. The molecule has 4 N–H and O–H groups in total. The van der Waals surface area contributed by atoms with Crippen molar-refractivity contribution in [2.75, 3.05) is 6.61 Å². The molecular weight excluding hydrogens is 360 g/mol. The van der Waals surface area contributed by atoms with Crippen LogP contribution in [0.25, 0.3) is 22.1 Å². The van der Waals surface area contributed by atoms with E-state index >= 15 is 0 Å².